The van der Waals surface area contributed by atoms with Crippen molar-refractivity contribution in [2.45, 2.75) is 20.8 Å². The van der Waals surface area contributed by atoms with Gasteiger partial charge in [0.05, 0.1) is 10.9 Å². The second-order valence-corrected chi connectivity index (χ2v) is 3.63. The second-order valence-electron chi connectivity index (χ2n) is 3.63. The van der Waals surface area contributed by atoms with Gasteiger partial charge >= 0.3 is 0 Å². The Kier molecular flexibility index (Phi) is 2.55. The third-order valence-corrected chi connectivity index (χ3v) is 2.79. The minimum atomic E-state index is 1.08. The molecule has 0 saturated carbocycles. The van der Waals surface area contributed by atoms with Crippen LogP contribution in [-0.2, 0) is 0 Å². The number of rotatable bonds is 0. The summed E-state index contributed by atoms with van der Waals surface area (Å²) in [7, 11) is 0. The Bertz CT molecular complexity index is 609. The van der Waals surface area contributed by atoms with Crippen molar-refractivity contribution in [3.05, 3.63) is 40.4 Å². The van der Waals surface area contributed by atoms with E-state index in [1.807, 2.05) is 13.0 Å². The van der Waals surface area contributed by atoms with E-state index in [2.05, 4.69) is 49.2 Å². The van der Waals surface area contributed by atoms with Crippen molar-refractivity contribution < 1.29 is 0 Å². The number of pyridine rings is 1. The SMILES string of the molecule is C/C=c1/c(C)c2ccccc2n/c1=C/C. The highest BCUT2D eigenvalue weighted by Gasteiger charge is 1.99. The lowest BCUT2D eigenvalue weighted by molar-refractivity contribution is 1.24. The maximum absolute atomic E-state index is 4.64. The number of aryl methyl sites for hydroxylation is 1. The molecule has 1 heterocycles. The van der Waals surface area contributed by atoms with Gasteiger partial charge in [0, 0.05) is 5.39 Å². The first-order chi connectivity index (χ1) is 7.27. The lowest BCUT2D eigenvalue weighted by atomic mass is 10.1. The summed E-state index contributed by atoms with van der Waals surface area (Å²) in [6.07, 6.45) is 4.19. The number of para-hydroxylation sites is 1. The van der Waals surface area contributed by atoms with Crippen LogP contribution in [-0.4, -0.2) is 4.98 Å². The maximum atomic E-state index is 4.64. The molecule has 1 aromatic carbocycles. The zero-order valence-electron chi connectivity index (χ0n) is 9.41. The third kappa shape index (κ3) is 1.54. The number of hydrogen-bond acceptors (Lipinski definition) is 1. The molecule has 76 valence electrons. The average molecular weight is 197 g/mol. The van der Waals surface area contributed by atoms with Gasteiger partial charge in [0.1, 0.15) is 0 Å². The predicted octanol–water partition coefficient (Wildman–Crippen LogP) is 2.14. The van der Waals surface area contributed by atoms with E-state index in [-0.39, 0.29) is 0 Å². The molecule has 0 aliphatic carbocycles. The van der Waals surface area contributed by atoms with Gasteiger partial charge in [-0.25, -0.2) is 4.98 Å². The van der Waals surface area contributed by atoms with E-state index in [1.165, 1.54) is 16.2 Å². The van der Waals surface area contributed by atoms with E-state index < -0.39 is 0 Å². The number of nitrogens with zero attached hydrogens (tertiary/aromatic N) is 1. The highest BCUT2D eigenvalue weighted by Crippen LogP contribution is 2.10. The highest BCUT2D eigenvalue weighted by molar-refractivity contribution is 5.82. The van der Waals surface area contributed by atoms with Gasteiger partial charge in [-0.3, -0.25) is 0 Å². The van der Waals surface area contributed by atoms with Crippen molar-refractivity contribution in [3.63, 3.8) is 0 Å². The van der Waals surface area contributed by atoms with Gasteiger partial charge in [0.25, 0.3) is 0 Å². The average Bonchev–Trinajstić information content (AvgIpc) is 2.29. The lowest BCUT2D eigenvalue weighted by Gasteiger charge is -2.02. The van der Waals surface area contributed by atoms with Crippen LogP contribution in [0.5, 0.6) is 0 Å². The Balaban J connectivity index is 3.09. The van der Waals surface area contributed by atoms with Crippen molar-refractivity contribution in [1.82, 2.24) is 4.98 Å². The van der Waals surface area contributed by atoms with E-state index in [4.69, 9.17) is 0 Å². The molecular weight excluding hydrogens is 182 g/mol. The van der Waals surface area contributed by atoms with Crippen LogP contribution in [0.4, 0.5) is 0 Å². The fourth-order valence-corrected chi connectivity index (χ4v) is 2.00. The van der Waals surface area contributed by atoms with Crippen LogP contribution in [0.25, 0.3) is 23.1 Å². The Morgan fingerprint density at radius 2 is 1.80 bits per heavy atom. The normalized spacial score (nSPS) is 13.8. The van der Waals surface area contributed by atoms with E-state index in [9.17, 15) is 0 Å². The highest BCUT2D eigenvalue weighted by atomic mass is 14.7. The predicted molar refractivity (Wildman–Crippen MR) is 66.0 cm³/mol. The molecule has 0 aliphatic heterocycles. The topological polar surface area (TPSA) is 12.9 Å². The molecule has 2 rings (SSSR count). The Labute approximate surface area is 89.8 Å². The molecule has 0 saturated heterocycles. The minimum Gasteiger partial charge on any atom is -0.248 e. The first-order valence-corrected chi connectivity index (χ1v) is 5.26. The van der Waals surface area contributed by atoms with Gasteiger partial charge in [-0.1, -0.05) is 30.4 Å². The molecular formula is C14H15N. The quantitative estimate of drug-likeness (QED) is 0.630. The molecule has 0 aliphatic rings. The summed E-state index contributed by atoms with van der Waals surface area (Å²) in [5.41, 5.74) is 2.39. The number of hydrogen-bond donors (Lipinski definition) is 0. The first kappa shape index (κ1) is 9.91. The minimum absolute atomic E-state index is 1.08. The van der Waals surface area contributed by atoms with Crippen LogP contribution in [0.1, 0.15) is 19.4 Å². The number of aromatic nitrogens is 1. The molecule has 15 heavy (non-hydrogen) atoms. The smallest absolute Gasteiger partial charge is 0.0712 e. The number of fused-ring (bicyclic) bond motifs is 1. The lowest BCUT2D eigenvalue weighted by Crippen LogP contribution is -2.30. The molecule has 0 spiro atoms. The Morgan fingerprint density at radius 1 is 1.07 bits per heavy atom. The van der Waals surface area contributed by atoms with Crippen molar-refractivity contribution in [2.75, 3.05) is 0 Å². The molecule has 2 aromatic rings. The molecule has 0 amide bonds. The standard InChI is InChI=1S/C14H15N/c1-4-11-10(3)12-8-6-7-9-14(12)15-13(11)5-2/h4-9H,1-3H3/b11-4-,13-5+. The second kappa shape index (κ2) is 3.85. The van der Waals surface area contributed by atoms with Crippen LogP contribution in [0.15, 0.2) is 24.3 Å². The van der Waals surface area contributed by atoms with E-state index in [1.54, 1.807) is 0 Å². The van der Waals surface area contributed by atoms with Gasteiger partial charge in [-0.2, -0.15) is 0 Å². The molecule has 0 fully saturated rings. The van der Waals surface area contributed by atoms with Gasteiger partial charge in [0.15, 0.2) is 0 Å². The molecule has 1 nitrogen and oxygen atoms in total. The molecule has 0 N–H and O–H groups in total. The molecule has 1 aromatic heterocycles. The van der Waals surface area contributed by atoms with E-state index in [0.717, 1.165) is 10.9 Å². The summed E-state index contributed by atoms with van der Waals surface area (Å²) in [5, 5.41) is 3.57. The van der Waals surface area contributed by atoms with Crippen LogP contribution in [0.2, 0.25) is 0 Å². The van der Waals surface area contributed by atoms with Crippen molar-refractivity contribution >= 4 is 23.1 Å². The zero-order valence-corrected chi connectivity index (χ0v) is 9.41. The first-order valence-electron chi connectivity index (χ1n) is 5.26. The molecule has 1 heteroatoms. The van der Waals surface area contributed by atoms with Gasteiger partial charge in [-0.15, -0.1) is 0 Å². The molecule has 0 radical (unpaired) electrons. The summed E-state index contributed by atoms with van der Waals surface area (Å²) in [4.78, 5) is 4.64. The zero-order chi connectivity index (χ0) is 10.8. The van der Waals surface area contributed by atoms with E-state index in [0.29, 0.717) is 0 Å². The third-order valence-electron chi connectivity index (χ3n) is 2.79. The van der Waals surface area contributed by atoms with Crippen molar-refractivity contribution in [2.24, 2.45) is 0 Å². The van der Waals surface area contributed by atoms with Crippen LogP contribution < -0.4 is 10.6 Å². The Hall–Kier alpha value is -1.63. The van der Waals surface area contributed by atoms with E-state index >= 15 is 0 Å². The summed E-state index contributed by atoms with van der Waals surface area (Å²) >= 11 is 0. The molecule has 0 atom stereocenters. The maximum Gasteiger partial charge on any atom is 0.0712 e. The summed E-state index contributed by atoms with van der Waals surface area (Å²) in [6, 6.07) is 8.29. The fraction of sp³-hybridized carbons (Fsp3) is 0.214. The van der Waals surface area contributed by atoms with Crippen LogP contribution >= 0.6 is 0 Å². The van der Waals surface area contributed by atoms with Crippen LogP contribution in [0.3, 0.4) is 0 Å². The van der Waals surface area contributed by atoms with Gasteiger partial charge in [0.2, 0.25) is 0 Å². The monoisotopic (exact) mass is 197 g/mol. The van der Waals surface area contributed by atoms with Gasteiger partial charge in [-0.05, 0) is 37.6 Å². The molecule has 0 bridgehead atoms. The van der Waals surface area contributed by atoms with Crippen molar-refractivity contribution in [1.29, 1.82) is 0 Å². The largest absolute Gasteiger partial charge is 0.248 e. The van der Waals surface area contributed by atoms with Gasteiger partial charge < -0.3 is 0 Å². The van der Waals surface area contributed by atoms with Crippen molar-refractivity contribution in [3.8, 4) is 0 Å². The Morgan fingerprint density at radius 3 is 2.47 bits per heavy atom. The van der Waals surface area contributed by atoms with Crippen LogP contribution in [0, 0.1) is 6.92 Å². The number of benzene rings is 1. The summed E-state index contributed by atoms with van der Waals surface area (Å²) in [5.74, 6) is 0. The fourth-order valence-electron chi connectivity index (χ4n) is 2.00. The summed E-state index contributed by atoms with van der Waals surface area (Å²) in [6.45, 7) is 6.25. The molecule has 0 unspecified atom stereocenters. The summed E-state index contributed by atoms with van der Waals surface area (Å²) < 4.78 is 0.